The number of methoxy groups -OCH3 is 1. The zero-order valence-corrected chi connectivity index (χ0v) is 24.0. The molecule has 2 saturated heterocycles. The van der Waals surface area contributed by atoms with Crippen LogP contribution in [0.5, 0.6) is 5.75 Å². The van der Waals surface area contributed by atoms with Crippen molar-refractivity contribution in [3.8, 4) is 28.1 Å². The van der Waals surface area contributed by atoms with Crippen LogP contribution in [-0.4, -0.2) is 68.1 Å². The van der Waals surface area contributed by atoms with E-state index in [0.717, 1.165) is 70.4 Å². The predicted octanol–water partition coefficient (Wildman–Crippen LogP) is 5.44. The Hall–Kier alpha value is -3.49. The topological polar surface area (TPSA) is 75.6 Å². The standard InChI is InChI=1S/C32H36N4O3S/c1-23-12-14-36(15-13-23)30-20-26(10-11-31(30)39-2)29-21-33-28-5-3-4-27(32(28)34-29)25-8-6-24(7-9-25)22-35-16-18-40(37,38)19-17-35/h3-11,20-21,23H,12-19,22H2,1-2H3. The van der Waals surface area contributed by atoms with Crippen molar-refractivity contribution in [1.29, 1.82) is 0 Å². The van der Waals surface area contributed by atoms with Crippen molar-refractivity contribution >= 4 is 26.6 Å². The van der Waals surface area contributed by atoms with Gasteiger partial charge in [-0.3, -0.25) is 9.88 Å². The summed E-state index contributed by atoms with van der Waals surface area (Å²) < 4.78 is 29.2. The Morgan fingerprint density at radius 3 is 2.38 bits per heavy atom. The van der Waals surface area contributed by atoms with Crippen LogP contribution in [0.3, 0.4) is 0 Å². The SMILES string of the molecule is COc1ccc(-c2cnc3cccc(-c4ccc(CN5CCS(=O)(=O)CC5)cc4)c3n2)cc1N1CCC(C)CC1. The first-order valence-corrected chi connectivity index (χ1v) is 15.9. The van der Waals surface area contributed by atoms with Crippen molar-refractivity contribution in [2.45, 2.75) is 26.3 Å². The van der Waals surface area contributed by atoms with Gasteiger partial charge in [-0.15, -0.1) is 0 Å². The molecule has 0 saturated carbocycles. The highest BCUT2D eigenvalue weighted by molar-refractivity contribution is 7.91. The second-order valence-corrected chi connectivity index (χ2v) is 13.4. The predicted molar refractivity (Wildman–Crippen MR) is 162 cm³/mol. The van der Waals surface area contributed by atoms with Gasteiger partial charge in [-0.1, -0.05) is 43.3 Å². The Morgan fingerprint density at radius 2 is 1.65 bits per heavy atom. The lowest BCUT2D eigenvalue weighted by atomic mass is 9.98. The summed E-state index contributed by atoms with van der Waals surface area (Å²) in [4.78, 5) is 14.5. The number of aromatic nitrogens is 2. The molecule has 0 unspecified atom stereocenters. The number of fused-ring (bicyclic) bond motifs is 1. The molecule has 2 aliphatic heterocycles. The van der Waals surface area contributed by atoms with Crippen molar-refractivity contribution in [3.63, 3.8) is 0 Å². The highest BCUT2D eigenvalue weighted by atomic mass is 32.2. The molecule has 2 aliphatic rings. The number of hydrogen-bond donors (Lipinski definition) is 0. The van der Waals surface area contributed by atoms with Crippen LogP contribution in [0, 0.1) is 5.92 Å². The third-order valence-electron chi connectivity index (χ3n) is 8.28. The van der Waals surface area contributed by atoms with E-state index < -0.39 is 9.84 Å². The first-order chi connectivity index (χ1) is 19.4. The van der Waals surface area contributed by atoms with Crippen molar-refractivity contribution in [3.05, 3.63) is 72.4 Å². The maximum Gasteiger partial charge on any atom is 0.152 e. The van der Waals surface area contributed by atoms with Gasteiger partial charge < -0.3 is 9.64 Å². The van der Waals surface area contributed by atoms with Gasteiger partial charge in [0.05, 0.1) is 47.2 Å². The summed E-state index contributed by atoms with van der Waals surface area (Å²) in [6, 6.07) is 20.9. The van der Waals surface area contributed by atoms with E-state index >= 15 is 0 Å². The number of rotatable bonds is 6. The van der Waals surface area contributed by atoms with Gasteiger partial charge in [0.1, 0.15) is 5.75 Å². The van der Waals surface area contributed by atoms with Crippen LogP contribution < -0.4 is 9.64 Å². The zero-order chi connectivity index (χ0) is 27.7. The lowest BCUT2D eigenvalue weighted by Crippen LogP contribution is -2.39. The van der Waals surface area contributed by atoms with Crippen LogP contribution in [0.1, 0.15) is 25.3 Å². The van der Waals surface area contributed by atoms with E-state index in [1.165, 1.54) is 18.4 Å². The molecule has 6 rings (SSSR count). The summed E-state index contributed by atoms with van der Waals surface area (Å²) in [5.41, 5.74) is 8.01. The van der Waals surface area contributed by atoms with E-state index in [4.69, 9.17) is 14.7 Å². The summed E-state index contributed by atoms with van der Waals surface area (Å²) in [5.74, 6) is 2.14. The van der Waals surface area contributed by atoms with E-state index in [9.17, 15) is 8.42 Å². The maximum atomic E-state index is 11.8. The number of sulfone groups is 1. The second kappa shape index (κ2) is 11.2. The third kappa shape index (κ3) is 5.69. The Morgan fingerprint density at radius 1 is 0.925 bits per heavy atom. The molecular formula is C32H36N4O3S. The molecule has 0 bridgehead atoms. The fourth-order valence-electron chi connectivity index (χ4n) is 5.71. The molecule has 7 nitrogen and oxygen atoms in total. The average molecular weight is 557 g/mol. The van der Waals surface area contributed by atoms with Crippen molar-refractivity contribution in [1.82, 2.24) is 14.9 Å². The molecule has 208 valence electrons. The molecule has 4 aromatic rings. The minimum absolute atomic E-state index is 0.245. The number of piperidine rings is 1. The number of ether oxygens (including phenoxy) is 1. The minimum Gasteiger partial charge on any atom is -0.495 e. The monoisotopic (exact) mass is 556 g/mol. The van der Waals surface area contributed by atoms with Crippen LogP contribution >= 0.6 is 0 Å². The van der Waals surface area contributed by atoms with Crippen LogP contribution in [-0.2, 0) is 16.4 Å². The van der Waals surface area contributed by atoms with Crippen molar-refractivity contribution in [2.24, 2.45) is 5.92 Å². The largest absolute Gasteiger partial charge is 0.495 e. The first-order valence-electron chi connectivity index (χ1n) is 14.1. The lowest BCUT2D eigenvalue weighted by molar-refractivity contribution is 0.287. The lowest BCUT2D eigenvalue weighted by Gasteiger charge is -2.33. The smallest absolute Gasteiger partial charge is 0.152 e. The molecule has 2 fully saturated rings. The van der Waals surface area contributed by atoms with E-state index in [1.807, 2.05) is 24.4 Å². The van der Waals surface area contributed by atoms with Crippen molar-refractivity contribution < 1.29 is 13.2 Å². The highest BCUT2D eigenvalue weighted by Gasteiger charge is 2.22. The number of para-hydroxylation sites is 1. The van der Waals surface area contributed by atoms with Gasteiger partial charge in [0, 0.05) is 43.9 Å². The molecule has 8 heteroatoms. The van der Waals surface area contributed by atoms with E-state index in [-0.39, 0.29) is 11.5 Å². The van der Waals surface area contributed by atoms with Crippen molar-refractivity contribution in [2.75, 3.05) is 49.7 Å². The Bertz CT molecular complexity index is 1600. The Labute approximate surface area is 236 Å². The Kier molecular flexibility index (Phi) is 7.47. The summed E-state index contributed by atoms with van der Waals surface area (Å²) in [5, 5.41) is 0. The van der Waals surface area contributed by atoms with Gasteiger partial charge in [0.15, 0.2) is 9.84 Å². The molecule has 0 N–H and O–H groups in total. The van der Waals surface area contributed by atoms with Gasteiger partial charge >= 0.3 is 0 Å². The van der Waals surface area contributed by atoms with Gasteiger partial charge in [-0.05, 0) is 54.2 Å². The van der Waals surface area contributed by atoms with E-state index in [2.05, 4.69) is 59.2 Å². The number of hydrogen-bond acceptors (Lipinski definition) is 7. The molecule has 40 heavy (non-hydrogen) atoms. The van der Waals surface area contributed by atoms with Crippen LogP contribution in [0.25, 0.3) is 33.4 Å². The summed E-state index contributed by atoms with van der Waals surface area (Å²) in [7, 11) is -1.14. The maximum absolute atomic E-state index is 11.8. The van der Waals surface area contributed by atoms with Gasteiger partial charge in [0.2, 0.25) is 0 Å². The quantitative estimate of drug-likeness (QED) is 0.313. The molecule has 0 spiro atoms. The van der Waals surface area contributed by atoms with Gasteiger partial charge in [0.25, 0.3) is 0 Å². The fraction of sp³-hybridized carbons (Fsp3) is 0.375. The fourth-order valence-corrected chi connectivity index (χ4v) is 6.98. The molecule has 0 aliphatic carbocycles. The van der Waals surface area contributed by atoms with E-state index in [0.29, 0.717) is 13.1 Å². The molecule has 3 heterocycles. The second-order valence-electron chi connectivity index (χ2n) is 11.1. The first kappa shape index (κ1) is 26.7. The number of anilines is 1. The third-order valence-corrected chi connectivity index (χ3v) is 9.89. The summed E-state index contributed by atoms with van der Waals surface area (Å²) in [6.07, 6.45) is 4.23. The normalized spacial score (nSPS) is 18.2. The molecule has 0 atom stereocenters. The minimum atomic E-state index is -2.87. The molecule has 0 amide bonds. The molecule has 0 radical (unpaired) electrons. The van der Waals surface area contributed by atoms with Crippen LogP contribution in [0.4, 0.5) is 5.69 Å². The summed E-state index contributed by atoms with van der Waals surface area (Å²) in [6.45, 7) is 6.32. The van der Waals surface area contributed by atoms with E-state index in [1.54, 1.807) is 7.11 Å². The average Bonchev–Trinajstić information content (AvgIpc) is 2.98. The van der Waals surface area contributed by atoms with Gasteiger partial charge in [-0.2, -0.15) is 0 Å². The van der Waals surface area contributed by atoms with Crippen LogP contribution in [0.15, 0.2) is 66.9 Å². The number of nitrogens with zero attached hydrogens (tertiary/aromatic N) is 4. The molecular weight excluding hydrogens is 520 g/mol. The Balaban J connectivity index is 1.28. The zero-order valence-electron chi connectivity index (χ0n) is 23.2. The van der Waals surface area contributed by atoms with Crippen LogP contribution in [0.2, 0.25) is 0 Å². The number of benzene rings is 3. The highest BCUT2D eigenvalue weighted by Crippen LogP contribution is 2.36. The van der Waals surface area contributed by atoms with Gasteiger partial charge in [-0.25, -0.2) is 13.4 Å². The molecule has 3 aromatic carbocycles. The summed E-state index contributed by atoms with van der Waals surface area (Å²) >= 11 is 0. The molecule has 1 aromatic heterocycles.